The minimum Gasteiger partial charge on any atom is -0.477 e. The van der Waals surface area contributed by atoms with Crippen LogP contribution in [0.2, 0.25) is 0 Å². The number of carboxylic acid groups (broad SMARTS) is 1. The van der Waals surface area contributed by atoms with Crippen molar-refractivity contribution in [3.05, 3.63) is 57.8 Å². The zero-order chi connectivity index (χ0) is 16.4. The van der Waals surface area contributed by atoms with Gasteiger partial charge in [0.15, 0.2) is 0 Å². The molecule has 0 radical (unpaired) electrons. The number of benzene rings is 1. The van der Waals surface area contributed by atoms with E-state index in [-0.39, 0.29) is 11.6 Å². The summed E-state index contributed by atoms with van der Waals surface area (Å²) in [6.45, 7) is 5.74. The average molecular weight is 303 g/mol. The van der Waals surface area contributed by atoms with Crippen molar-refractivity contribution >= 4 is 5.97 Å². The van der Waals surface area contributed by atoms with Gasteiger partial charge >= 0.3 is 5.97 Å². The van der Waals surface area contributed by atoms with Crippen LogP contribution in [0.15, 0.2) is 35.3 Å². The minimum absolute atomic E-state index is 0.00727. The van der Waals surface area contributed by atoms with E-state index >= 15 is 0 Å². The molecule has 5 heteroatoms. The molecule has 1 N–H and O–H groups in total. The molecule has 0 saturated heterocycles. The van der Waals surface area contributed by atoms with Crippen molar-refractivity contribution in [2.24, 2.45) is 0 Å². The third kappa shape index (κ3) is 2.79. The van der Waals surface area contributed by atoms with Crippen LogP contribution in [0, 0.1) is 5.82 Å². The Morgan fingerprint density at radius 2 is 1.86 bits per heavy atom. The van der Waals surface area contributed by atoms with E-state index in [4.69, 9.17) is 0 Å². The van der Waals surface area contributed by atoms with Crippen LogP contribution in [-0.4, -0.2) is 15.6 Å². The third-order valence-electron chi connectivity index (χ3n) is 3.59. The van der Waals surface area contributed by atoms with E-state index in [1.165, 1.54) is 30.5 Å². The molecule has 0 saturated carbocycles. The maximum absolute atomic E-state index is 13.1. The molecular weight excluding hydrogens is 285 g/mol. The summed E-state index contributed by atoms with van der Waals surface area (Å²) in [5, 5.41) is 9.28. The fourth-order valence-corrected chi connectivity index (χ4v) is 2.56. The van der Waals surface area contributed by atoms with E-state index in [1.807, 2.05) is 20.8 Å². The smallest absolute Gasteiger partial charge is 0.341 e. The number of carboxylic acids is 1. The summed E-state index contributed by atoms with van der Waals surface area (Å²) in [6, 6.07) is 5.54. The zero-order valence-electron chi connectivity index (χ0n) is 12.8. The maximum atomic E-state index is 13.1. The van der Waals surface area contributed by atoms with E-state index in [1.54, 1.807) is 4.57 Å². The molecule has 2 aromatic rings. The standard InChI is InChI=1S/C17H18FNO3/c1-4-14-15(11-5-7-12(18)8-6-11)16(20)13(17(21)22)9-19(14)10(2)3/h5-10H,4H2,1-3H3,(H,21,22). The van der Waals surface area contributed by atoms with Crippen LogP contribution >= 0.6 is 0 Å². The van der Waals surface area contributed by atoms with Crippen molar-refractivity contribution in [2.45, 2.75) is 33.2 Å². The topological polar surface area (TPSA) is 59.3 Å². The Labute approximate surface area is 127 Å². The Kier molecular flexibility index (Phi) is 4.45. The van der Waals surface area contributed by atoms with Crippen molar-refractivity contribution < 1.29 is 14.3 Å². The van der Waals surface area contributed by atoms with Gasteiger partial charge in [0.25, 0.3) is 0 Å². The summed E-state index contributed by atoms with van der Waals surface area (Å²) in [6.07, 6.45) is 1.96. The quantitative estimate of drug-likeness (QED) is 0.940. The van der Waals surface area contributed by atoms with E-state index < -0.39 is 17.2 Å². The molecule has 116 valence electrons. The predicted molar refractivity (Wildman–Crippen MR) is 82.8 cm³/mol. The number of aromatic carboxylic acids is 1. The molecule has 2 rings (SSSR count). The first-order chi connectivity index (χ1) is 10.4. The fourth-order valence-electron chi connectivity index (χ4n) is 2.56. The minimum atomic E-state index is -1.26. The molecule has 22 heavy (non-hydrogen) atoms. The van der Waals surface area contributed by atoms with Crippen LogP contribution in [-0.2, 0) is 6.42 Å². The van der Waals surface area contributed by atoms with Gasteiger partial charge in [-0.05, 0) is 38.0 Å². The van der Waals surface area contributed by atoms with Crippen LogP contribution < -0.4 is 5.43 Å². The highest BCUT2D eigenvalue weighted by atomic mass is 19.1. The molecule has 1 aromatic carbocycles. The highest BCUT2D eigenvalue weighted by Crippen LogP contribution is 2.24. The number of rotatable bonds is 4. The Bertz CT molecular complexity index is 761. The second-order valence-electron chi connectivity index (χ2n) is 5.36. The zero-order valence-corrected chi connectivity index (χ0v) is 12.8. The Morgan fingerprint density at radius 3 is 2.32 bits per heavy atom. The van der Waals surface area contributed by atoms with Crippen molar-refractivity contribution in [1.82, 2.24) is 4.57 Å². The molecule has 0 fully saturated rings. The lowest BCUT2D eigenvalue weighted by molar-refractivity contribution is 0.0694. The number of pyridine rings is 1. The van der Waals surface area contributed by atoms with Gasteiger partial charge in [-0.2, -0.15) is 0 Å². The number of carbonyl (C=O) groups is 1. The summed E-state index contributed by atoms with van der Waals surface area (Å²) >= 11 is 0. The summed E-state index contributed by atoms with van der Waals surface area (Å²) in [4.78, 5) is 23.9. The lowest BCUT2D eigenvalue weighted by atomic mass is 9.98. The van der Waals surface area contributed by atoms with Crippen molar-refractivity contribution in [1.29, 1.82) is 0 Å². The first-order valence-electron chi connectivity index (χ1n) is 7.14. The van der Waals surface area contributed by atoms with Crippen molar-refractivity contribution in [3.63, 3.8) is 0 Å². The first-order valence-corrected chi connectivity index (χ1v) is 7.14. The summed E-state index contributed by atoms with van der Waals surface area (Å²) < 4.78 is 14.9. The molecular formula is C17H18FNO3. The summed E-state index contributed by atoms with van der Waals surface area (Å²) in [7, 11) is 0. The van der Waals surface area contributed by atoms with Crippen LogP contribution in [0.4, 0.5) is 4.39 Å². The van der Waals surface area contributed by atoms with Gasteiger partial charge in [0.05, 0.1) is 0 Å². The Morgan fingerprint density at radius 1 is 1.27 bits per heavy atom. The Hall–Kier alpha value is -2.43. The summed E-state index contributed by atoms with van der Waals surface area (Å²) in [5.74, 6) is -1.66. The molecule has 0 unspecified atom stereocenters. The molecule has 0 aliphatic carbocycles. The van der Waals surface area contributed by atoms with E-state index in [9.17, 15) is 19.1 Å². The van der Waals surface area contributed by atoms with Crippen LogP contribution in [0.1, 0.15) is 42.9 Å². The van der Waals surface area contributed by atoms with E-state index in [2.05, 4.69) is 0 Å². The van der Waals surface area contributed by atoms with Gasteiger partial charge < -0.3 is 9.67 Å². The molecule has 1 aromatic heterocycles. The number of halogens is 1. The maximum Gasteiger partial charge on any atom is 0.341 e. The van der Waals surface area contributed by atoms with Gasteiger partial charge in [-0.15, -0.1) is 0 Å². The SMILES string of the molecule is CCc1c(-c2ccc(F)cc2)c(=O)c(C(=O)O)cn1C(C)C. The van der Waals surface area contributed by atoms with Gasteiger partial charge in [-0.3, -0.25) is 4.79 Å². The largest absolute Gasteiger partial charge is 0.477 e. The highest BCUT2D eigenvalue weighted by molar-refractivity contribution is 5.89. The molecule has 1 heterocycles. The average Bonchev–Trinajstić information content (AvgIpc) is 2.47. The molecule has 0 amide bonds. The van der Waals surface area contributed by atoms with Crippen molar-refractivity contribution in [2.75, 3.05) is 0 Å². The number of hydrogen-bond donors (Lipinski definition) is 1. The van der Waals surface area contributed by atoms with Crippen LogP contribution in [0.25, 0.3) is 11.1 Å². The number of nitrogens with zero attached hydrogens (tertiary/aromatic N) is 1. The molecule has 0 spiro atoms. The van der Waals surface area contributed by atoms with Gasteiger partial charge in [0.1, 0.15) is 11.4 Å². The molecule has 0 aliphatic heterocycles. The fraction of sp³-hybridized carbons (Fsp3) is 0.294. The number of aromatic nitrogens is 1. The van der Waals surface area contributed by atoms with E-state index in [0.717, 1.165) is 5.69 Å². The van der Waals surface area contributed by atoms with Crippen LogP contribution in [0.5, 0.6) is 0 Å². The van der Waals surface area contributed by atoms with Gasteiger partial charge in [0, 0.05) is 23.5 Å². The highest BCUT2D eigenvalue weighted by Gasteiger charge is 2.20. The van der Waals surface area contributed by atoms with Gasteiger partial charge in [0.2, 0.25) is 5.43 Å². The molecule has 0 aliphatic rings. The second-order valence-corrected chi connectivity index (χ2v) is 5.36. The van der Waals surface area contributed by atoms with Crippen molar-refractivity contribution in [3.8, 4) is 11.1 Å². The lowest BCUT2D eigenvalue weighted by Gasteiger charge is -2.20. The second kappa shape index (κ2) is 6.13. The molecule has 0 bridgehead atoms. The van der Waals surface area contributed by atoms with Gasteiger partial charge in [-0.1, -0.05) is 19.1 Å². The lowest BCUT2D eigenvalue weighted by Crippen LogP contribution is -2.24. The van der Waals surface area contributed by atoms with Gasteiger partial charge in [-0.25, -0.2) is 9.18 Å². The summed E-state index contributed by atoms with van der Waals surface area (Å²) in [5.41, 5.74) is 0.798. The molecule has 0 atom stereocenters. The first kappa shape index (κ1) is 15.9. The number of hydrogen-bond acceptors (Lipinski definition) is 2. The normalized spacial score (nSPS) is 11.0. The van der Waals surface area contributed by atoms with E-state index in [0.29, 0.717) is 17.5 Å². The monoisotopic (exact) mass is 303 g/mol. The third-order valence-corrected chi connectivity index (χ3v) is 3.59. The molecule has 4 nitrogen and oxygen atoms in total. The Balaban J connectivity index is 2.88. The van der Waals surface area contributed by atoms with Crippen LogP contribution in [0.3, 0.4) is 0 Å². The predicted octanol–water partition coefficient (Wildman–Crippen LogP) is 3.50.